The molecule has 1 atom stereocenters. The predicted molar refractivity (Wildman–Crippen MR) is 104 cm³/mol. The molecule has 2 N–H and O–H groups in total. The average Bonchev–Trinajstić information content (AvgIpc) is 3.19. The maximum atomic E-state index is 13.0. The summed E-state index contributed by atoms with van der Waals surface area (Å²) >= 11 is 0. The van der Waals surface area contributed by atoms with Crippen molar-refractivity contribution in [3.05, 3.63) is 70.9 Å². The van der Waals surface area contributed by atoms with E-state index in [1.165, 1.54) is 24.3 Å². The zero-order valence-electron chi connectivity index (χ0n) is 16.3. The van der Waals surface area contributed by atoms with E-state index >= 15 is 0 Å². The van der Waals surface area contributed by atoms with Crippen LogP contribution < -0.4 is 10.6 Å². The van der Waals surface area contributed by atoms with Gasteiger partial charge in [-0.2, -0.15) is 4.98 Å². The van der Waals surface area contributed by atoms with Crippen LogP contribution in [0.2, 0.25) is 0 Å². The van der Waals surface area contributed by atoms with Crippen LogP contribution in [-0.4, -0.2) is 28.5 Å². The van der Waals surface area contributed by atoms with Crippen molar-refractivity contribution in [3.63, 3.8) is 0 Å². The summed E-state index contributed by atoms with van der Waals surface area (Å²) in [4.78, 5) is 28.6. The molecule has 0 saturated carbocycles. The van der Waals surface area contributed by atoms with Gasteiger partial charge in [-0.05, 0) is 68.3 Å². The fourth-order valence-corrected chi connectivity index (χ4v) is 2.63. The van der Waals surface area contributed by atoms with Gasteiger partial charge in [0, 0.05) is 11.1 Å². The molecular formula is C21H21FN4O3. The van der Waals surface area contributed by atoms with E-state index in [0.29, 0.717) is 17.0 Å². The number of amides is 2. The summed E-state index contributed by atoms with van der Waals surface area (Å²) in [6.07, 6.45) is 0. The summed E-state index contributed by atoms with van der Waals surface area (Å²) in [5.41, 5.74) is 3.19. The predicted octanol–water partition coefficient (Wildman–Crippen LogP) is 3.10. The third-order valence-corrected chi connectivity index (χ3v) is 4.47. The maximum absolute atomic E-state index is 13.0. The number of aryl methyl sites for hydroxylation is 2. The first-order chi connectivity index (χ1) is 13.8. The van der Waals surface area contributed by atoms with Crippen LogP contribution in [0.25, 0.3) is 11.4 Å². The van der Waals surface area contributed by atoms with Crippen LogP contribution in [0.3, 0.4) is 0 Å². The van der Waals surface area contributed by atoms with Crippen LogP contribution in [0, 0.1) is 19.7 Å². The summed E-state index contributed by atoms with van der Waals surface area (Å²) in [6.45, 7) is 5.38. The van der Waals surface area contributed by atoms with Crippen molar-refractivity contribution in [2.75, 3.05) is 6.54 Å². The Morgan fingerprint density at radius 3 is 2.52 bits per heavy atom. The van der Waals surface area contributed by atoms with E-state index in [2.05, 4.69) is 20.8 Å². The van der Waals surface area contributed by atoms with Crippen molar-refractivity contribution in [2.24, 2.45) is 0 Å². The molecule has 0 bridgehead atoms. The minimum atomic E-state index is -0.553. The maximum Gasteiger partial charge on any atom is 0.251 e. The average molecular weight is 396 g/mol. The highest BCUT2D eigenvalue weighted by molar-refractivity contribution is 5.96. The molecular weight excluding hydrogens is 375 g/mol. The molecule has 3 rings (SSSR count). The molecule has 0 spiro atoms. The molecule has 0 saturated heterocycles. The molecule has 3 aromatic rings. The third-order valence-electron chi connectivity index (χ3n) is 4.47. The number of carbonyl (C=O) groups is 2. The second-order valence-corrected chi connectivity index (χ2v) is 6.73. The fraction of sp³-hybridized carbons (Fsp3) is 0.238. The zero-order chi connectivity index (χ0) is 21.0. The van der Waals surface area contributed by atoms with Gasteiger partial charge in [-0.15, -0.1) is 0 Å². The monoisotopic (exact) mass is 396 g/mol. The lowest BCUT2D eigenvalue weighted by Gasteiger charge is -2.11. The number of hydrogen-bond acceptors (Lipinski definition) is 5. The van der Waals surface area contributed by atoms with E-state index < -0.39 is 11.9 Å². The first-order valence-corrected chi connectivity index (χ1v) is 9.08. The lowest BCUT2D eigenvalue weighted by Crippen LogP contribution is -2.38. The molecule has 0 fully saturated rings. The Morgan fingerprint density at radius 2 is 1.83 bits per heavy atom. The molecule has 8 heteroatoms. The number of nitrogens with zero attached hydrogens (tertiary/aromatic N) is 2. The van der Waals surface area contributed by atoms with Gasteiger partial charge in [-0.3, -0.25) is 9.59 Å². The van der Waals surface area contributed by atoms with Crippen LogP contribution in [0.1, 0.15) is 40.3 Å². The number of hydrogen-bond donors (Lipinski definition) is 2. The summed E-state index contributed by atoms with van der Waals surface area (Å²) in [5, 5.41) is 9.12. The molecule has 0 aliphatic rings. The van der Waals surface area contributed by atoms with Gasteiger partial charge in [0.05, 0.1) is 6.54 Å². The van der Waals surface area contributed by atoms with Crippen LogP contribution in [0.15, 0.2) is 47.0 Å². The van der Waals surface area contributed by atoms with E-state index in [1.54, 1.807) is 19.1 Å². The van der Waals surface area contributed by atoms with Gasteiger partial charge in [-0.1, -0.05) is 11.2 Å². The Bertz CT molecular complexity index is 1030. The molecule has 0 aliphatic heterocycles. The molecule has 1 aromatic heterocycles. The minimum Gasteiger partial charge on any atom is -0.343 e. The van der Waals surface area contributed by atoms with E-state index in [4.69, 9.17) is 4.52 Å². The Hall–Kier alpha value is -3.55. The van der Waals surface area contributed by atoms with Crippen LogP contribution >= 0.6 is 0 Å². The Labute approximate surface area is 167 Å². The SMILES string of the molecule is Cc1ccc(C(=O)NCC(=O)NC(C)c2nc(-c3ccc(F)cc3)no2)cc1C. The second-order valence-electron chi connectivity index (χ2n) is 6.73. The summed E-state index contributed by atoms with van der Waals surface area (Å²) in [5.74, 6) is -0.577. The van der Waals surface area contributed by atoms with Crippen molar-refractivity contribution in [2.45, 2.75) is 26.8 Å². The van der Waals surface area contributed by atoms with Gasteiger partial charge >= 0.3 is 0 Å². The van der Waals surface area contributed by atoms with Gasteiger partial charge < -0.3 is 15.2 Å². The molecule has 1 unspecified atom stereocenters. The van der Waals surface area contributed by atoms with E-state index in [0.717, 1.165) is 11.1 Å². The number of rotatable bonds is 6. The summed E-state index contributed by atoms with van der Waals surface area (Å²) < 4.78 is 18.2. The lowest BCUT2D eigenvalue weighted by atomic mass is 10.1. The fourth-order valence-electron chi connectivity index (χ4n) is 2.63. The smallest absolute Gasteiger partial charge is 0.251 e. The van der Waals surface area contributed by atoms with Gasteiger partial charge in [-0.25, -0.2) is 4.39 Å². The van der Waals surface area contributed by atoms with E-state index in [-0.39, 0.29) is 24.2 Å². The molecule has 2 amide bonds. The number of aromatic nitrogens is 2. The summed E-state index contributed by atoms with van der Waals surface area (Å²) in [6, 6.07) is 10.5. The van der Waals surface area contributed by atoms with Gasteiger partial charge in [0.1, 0.15) is 11.9 Å². The first kappa shape index (κ1) is 20.2. The first-order valence-electron chi connectivity index (χ1n) is 9.08. The van der Waals surface area contributed by atoms with Crippen molar-refractivity contribution in [1.29, 1.82) is 0 Å². The Morgan fingerprint density at radius 1 is 1.10 bits per heavy atom. The van der Waals surface area contributed by atoms with Crippen LogP contribution in [-0.2, 0) is 4.79 Å². The number of benzene rings is 2. The van der Waals surface area contributed by atoms with Crippen molar-refractivity contribution < 1.29 is 18.5 Å². The zero-order valence-corrected chi connectivity index (χ0v) is 16.3. The highest BCUT2D eigenvalue weighted by Crippen LogP contribution is 2.19. The topological polar surface area (TPSA) is 97.1 Å². The molecule has 7 nitrogen and oxygen atoms in total. The van der Waals surface area contributed by atoms with Gasteiger partial charge in [0.15, 0.2) is 0 Å². The Balaban J connectivity index is 1.54. The number of nitrogens with one attached hydrogen (secondary N) is 2. The Kier molecular flexibility index (Phi) is 6.01. The van der Waals surface area contributed by atoms with E-state index in [1.807, 2.05) is 19.9 Å². The second kappa shape index (κ2) is 8.64. The summed E-state index contributed by atoms with van der Waals surface area (Å²) in [7, 11) is 0. The highest BCUT2D eigenvalue weighted by atomic mass is 19.1. The molecule has 29 heavy (non-hydrogen) atoms. The lowest BCUT2D eigenvalue weighted by molar-refractivity contribution is -0.120. The van der Waals surface area contributed by atoms with Gasteiger partial charge in [0.25, 0.3) is 5.91 Å². The normalized spacial score (nSPS) is 11.7. The van der Waals surface area contributed by atoms with Crippen molar-refractivity contribution >= 4 is 11.8 Å². The highest BCUT2D eigenvalue weighted by Gasteiger charge is 2.18. The largest absolute Gasteiger partial charge is 0.343 e. The number of carbonyl (C=O) groups excluding carboxylic acids is 2. The van der Waals surface area contributed by atoms with Crippen molar-refractivity contribution in [1.82, 2.24) is 20.8 Å². The van der Waals surface area contributed by atoms with Gasteiger partial charge in [0.2, 0.25) is 17.6 Å². The standard InChI is InChI=1S/C21H21FN4O3/c1-12-4-5-16(10-13(12)2)20(28)23-11-18(27)24-14(3)21-25-19(26-29-21)15-6-8-17(22)9-7-15/h4-10,14H,11H2,1-3H3,(H,23,28)(H,24,27). The molecule has 0 radical (unpaired) electrons. The third kappa shape index (κ3) is 5.04. The quantitative estimate of drug-likeness (QED) is 0.667. The van der Waals surface area contributed by atoms with E-state index in [9.17, 15) is 14.0 Å². The van der Waals surface area contributed by atoms with Crippen molar-refractivity contribution in [3.8, 4) is 11.4 Å². The minimum absolute atomic E-state index is 0.185. The molecule has 2 aromatic carbocycles. The van der Waals surface area contributed by atoms with Crippen LogP contribution in [0.5, 0.6) is 0 Å². The molecule has 1 heterocycles. The number of halogens is 1. The van der Waals surface area contributed by atoms with Crippen LogP contribution in [0.4, 0.5) is 4.39 Å². The molecule has 0 aliphatic carbocycles. The molecule has 150 valence electrons.